The smallest absolute Gasteiger partial charge is 0.398 e. The summed E-state index contributed by atoms with van der Waals surface area (Å²) in [5.41, 5.74) is 8.68. The molecule has 2 aromatic carbocycles. The topological polar surface area (TPSA) is 26.0 Å². The van der Waals surface area contributed by atoms with Crippen molar-refractivity contribution in [1.82, 2.24) is 0 Å². The monoisotopic (exact) mass is 311 g/mol. The Morgan fingerprint density at radius 3 is 2.38 bits per heavy atom. The second-order valence-corrected chi connectivity index (χ2v) is 5.99. The molecule has 0 aromatic heterocycles. The molecule has 0 aliphatic rings. The van der Waals surface area contributed by atoms with Crippen LogP contribution in [0.4, 0.5) is 18.9 Å². The minimum Gasteiger partial charge on any atom is -0.398 e. The summed E-state index contributed by atoms with van der Waals surface area (Å²) in [7, 11) is 0. The van der Waals surface area contributed by atoms with Crippen LogP contribution in [0.3, 0.4) is 0 Å². The number of thioether (sulfide) groups is 1. The zero-order valence-corrected chi connectivity index (χ0v) is 12.6. The molecular weight excluding hydrogens is 295 g/mol. The van der Waals surface area contributed by atoms with Crippen LogP contribution in [0.15, 0.2) is 41.3 Å². The molecule has 0 bridgehead atoms. The maximum atomic E-state index is 12.6. The van der Waals surface area contributed by atoms with Crippen LogP contribution < -0.4 is 5.73 Å². The lowest BCUT2D eigenvalue weighted by atomic mass is 10.1. The van der Waals surface area contributed by atoms with Crippen LogP contribution in [0, 0.1) is 13.8 Å². The highest BCUT2D eigenvalue weighted by Gasteiger charge is 2.30. The predicted molar refractivity (Wildman–Crippen MR) is 81.3 cm³/mol. The minimum absolute atomic E-state index is 0.167. The van der Waals surface area contributed by atoms with Gasteiger partial charge in [-0.1, -0.05) is 23.8 Å². The molecule has 0 amide bonds. The van der Waals surface area contributed by atoms with E-state index >= 15 is 0 Å². The summed E-state index contributed by atoms with van der Waals surface area (Å²) in [6.07, 6.45) is -4.36. The first-order valence-electron chi connectivity index (χ1n) is 6.43. The van der Waals surface area contributed by atoms with Crippen molar-refractivity contribution in [1.29, 1.82) is 0 Å². The van der Waals surface area contributed by atoms with Crippen molar-refractivity contribution in [2.45, 2.75) is 30.7 Å². The molecule has 0 saturated carbocycles. The number of rotatable bonds is 3. The van der Waals surface area contributed by atoms with E-state index in [1.807, 2.05) is 26.0 Å². The Balaban J connectivity index is 2.15. The fraction of sp³-hybridized carbons (Fsp3) is 0.250. The maximum Gasteiger partial charge on any atom is 0.416 e. The summed E-state index contributed by atoms with van der Waals surface area (Å²) >= 11 is 1.45. The zero-order chi connectivity index (χ0) is 15.6. The quantitative estimate of drug-likeness (QED) is 0.623. The van der Waals surface area contributed by atoms with Gasteiger partial charge in [0.2, 0.25) is 0 Å². The van der Waals surface area contributed by atoms with Crippen LogP contribution >= 0.6 is 11.8 Å². The molecule has 0 unspecified atom stereocenters. The fourth-order valence-electron chi connectivity index (χ4n) is 1.97. The molecule has 0 aliphatic carbocycles. The molecular formula is C16H16F3NS. The molecule has 112 valence electrons. The highest BCUT2D eigenvalue weighted by Crippen LogP contribution is 2.35. The van der Waals surface area contributed by atoms with Crippen LogP contribution in [0.1, 0.15) is 22.3 Å². The van der Waals surface area contributed by atoms with Gasteiger partial charge < -0.3 is 5.73 Å². The molecule has 0 spiro atoms. The molecule has 0 radical (unpaired) electrons. The summed E-state index contributed by atoms with van der Waals surface area (Å²) in [5.74, 6) is 0.684. The molecule has 0 aliphatic heterocycles. The van der Waals surface area contributed by atoms with Crippen molar-refractivity contribution >= 4 is 17.4 Å². The lowest BCUT2D eigenvalue weighted by molar-refractivity contribution is -0.137. The molecule has 1 nitrogen and oxygen atoms in total. The standard InChI is InChI=1S/C16H16F3NS/c1-10-3-4-11(2)12(7-10)9-21-15-6-5-13(8-14(15)20)16(17,18)19/h3-8H,9,20H2,1-2H3. The van der Waals surface area contributed by atoms with Crippen LogP contribution in [-0.2, 0) is 11.9 Å². The minimum atomic E-state index is -4.36. The number of alkyl halides is 3. The third-order valence-corrected chi connectivity index (χ3v) is 4.36. The van der Waals surface area contributed by atoms with Gasteiger partial charge in [-0.3, -0.25) is 0 Å². The van der Waals surface area contributed by atoms with Crippen LogP contribution in [0.2, 0.25) is 0 Å². The van der Waals surface area contributed by atoms with Gasteiger partial charge in [0.25, 0.3) is 0 Å². The normalized spacial score (nSPS) is 11.7. The van der Waals surface area contributed by atoms with Crippen molar-refractivity contribution in [2.24, 2.45) is 0 Å². The van der Waals surface area contributed by atoms with Crippen LogP contribution in [0.25, 0.3) is 0 Å². The Hall–Kier alpha value is -1.62. The van der Waals surface area contributed by atoms with Gasteiger partial charge >= 0.3 is 6.18 Å². The first kappa shape index (κ1) is 15.8. The number of nitrogen functional groups attached to an aromatic ring is 1. The largest absolute Gasteiger partial charge is 0.416 e. The Bertz CT molecular complexity index is 650. The van der Waals surface area contributed by atoms with E-state index in [2.05, 4.69) is 6.07 Å². The molecule has 21 heavy (non-hydrogen) atoms. The summed E-state index contributed by atoms with van der Waals surface area (Å²) in [6, 6.07) is 9.67. The van der Waals surface area contributed by atoms with Gasteiger partial charge in [0.1, 0.15) is 0 Å². The van der Waals surface area contributed by atoms with E-state index in [4.69, 9.17) is 5.73 Å². The van der Waals surface area contributed by atoms with Gasteiger partial charge in [0, 0.05) is 16.3 Å². The Morgan fingerprint density at radius 2 is 1.76 bits per heavy atom. The highest BCUT2D eigenvalue weighted by molar-refractivity contribution is 7.98. The number of halogens is 3. The summed E-state index contributed by atoms with van der Waals surface area (Å²) in [4.78, 5) is 0.670. The maximum absolute atomic E-state index is 12.6. The van der Waals surface area contributed by atoms with Gasteiger partial charge in [-0.15, -0.1) is 11.8 Å². The lowest BCUT2D eigenvalue weighted by Crippen LogP contribution is -2.05. The highest BCUT2D eigenvalue weighted by atomic mass is 32.2. The molecule has 0 atom stereocenters. The first-order chi connectivity index (χ1) is 9.77. The molecule has 2 aromatic rings. The van der Waals surface area contributed by atoms with E-state index < -0.39 is 11.7 Å². The second kappa shape index (κ2) is 6.02. The van der Waals surface area contributed by atoms with Crippen molar-refractivity contribution in [3.05, 3.63) is 58.7 Å². The summed E-state index contributed by atoms with van der Waals surface area (Å²) in [6.45, 7) is 4.03. The third kappa shape index (κ3) is 3.94. The third-order valence-electron chi connectivity index (χ3n) is 3.22. The van der Waals surface area contributed by atoms with Gasteiger partial charge in [-0.25, -0.2) is 0 Å². The van der Waals surface area contributed by atoms with Crippen molar-refractivity contribution in [3.63, 3.8) is 0 Å². The Morgan fingerprint density at radius 1 is 1.05 bits per heavy atom. The van der Waals surface area contributed by atoms with Gasteiger partial charge in [-0.2, -0.15) is 13.2 Å². The number of nitrogens with two attached hydrogens (primary N) is 1. The van der Waals surface area contributed by atoms with E-state index in [9.17, 15) is 13.2 Å². The van der Waals surface area contributed by atoms with Gasteiger partial charge in [0.05, 0.1) is 5.56 Å². The molecule has 0 fully saturated rings. The van der Waals surface area contributed by atoms with Crippen molar-refractivity contribution in [3.8, 4) is 0 Å². The molecule has 5 heteroatoms. The Labute approximate surface area is 126 Å². The van der Waals surface area contributed by atoms with Crippen LogP contribution in [-0.4, -0.2) is 0 Å². The van der Waals surface area contributed by atoms with Crippen molar-refractivity contribution in [2.75, 3.05) is 5.73 Å². The van der Waals surface area contributed by atoms with E-state index in [-0.39, 0.29) is 5.69 Å². The van der Waals surface area contributed by atoms with Gasteiger partial charge in [-0.05, 0) is 43.2 Å². The second-order valence-electron chi connectivity index (χ2n) is 4.97. The van der Waals surface area contributed by atoms with Gasteiger partial charge in [0.15, 0.2) is 0 Å². The van der Waals surface area contributed by atoms with Crippen LogP contribution in [0.5, 0.6) is 0 Å². The average Bonchev–Trinajstić information content (AvgIpc) is 2.40. The SMILES string of the molecule is Cc1ccc(C)c(CSc2ccc(C(F)(F)F)cc2N)c1. The first-order valence-corrected chi connectivity index (χ1v) is 7.41. The Kier molecular flexibility index (Phi) is 4.52. The van der Waals surface area contributed by atoms with Crippen molar-refractivity contribution < 1.29 is 13.2 Å². The average molecular weight is 311 g/mol. The molecule has 2 rings (SSSR count). The summed E-state index contributed by atoms with van der Waals surface area (Å²) in [5, 5.41) is 0. The van der Waals surface area contributed by atoms with E-state index in [1.165, 1.54) is 29.0 Å². The molecule has 2 N–H and O–H groups in total. The number of benzene rings is 2. The van der Waals surface area contributed by atoms with E-state index in [0.717, 1.165) is 17.7 Å². The molecule has 0 saturated heterocycles. The van der Waals surface area contributed by atoms with E-state index in [0.29, 0.717) is 10.6 Å². The number of hydrogen-bond acceptors (Lipinski definition) is 2. The number of aryl methyl sites for hydroxylation is 2. The molecule has 0 heterocycles. The number of hydrogen-bond donors (Lipinski definition) is 1. The fourth-order valence-corrected chi connectivity index (χ4v) is 2.98. The lowest BCUT2D eigenvalue weighted by Gasteiger charge is -2.11. The zero-order valence-electron chi connectivity index (χ0n) is 11.8. The number of anilines is 1. The van der Waals surface area contributed by atoms with E-state index in [1.54, 1.807) is 0 Å². The summed E-state index contributed by atoms with van der Waals surface area (Å²) < 4.78 is 37.8. The predicted octanol–water partition coefficient (Wildman–Crippen LogP) is 5.20.